The third kappa shape index (κ3) is 5.14. The summed E-state index contributed by atoms with van der Waals surface area (Å²) in [6, 6.07) is 14.0. The molecule has 0 aliphatic rings. The zero-order chi connectivity index (χ0) is 20.0. The van der Waals surface area contributed by atoms with E-state index in [-0.39, 0.29) is 0 Å². The van der Waals surface area contributed by atoms with E-state index in [0.29, 0.717) is 17.7 Å². The van der Waals surface area contributed by atoms with Crippen LogP contribution in [0, 0.1) is 11.8 Å². The van der Waals surface area contributed by atoms with Gasteiger partial charge in [-0.2, -0.15) is 5.10 Å². The van der Waals surface area contributed by atoms with Crippen molar-refractivity contribution in [1.82, 2.24) is 5.43 Å². The van der Waals surface area contributed by atoms with E-state index in [9.17, 15) is 0 Å². The lowest BCUT2D eigenvalue weighted by Crippen LogP contribution is -2.32. The topological polar surface area (TPSA) is 106 Å². The third-order valence-electron chi connectivity index (χ3n) is 4.30. The highest BCUT2D eigenvalue weighted by Crippen LogP contribution is 2.32. The number of nitrogens with one attached hydrogen (secondary N) is 1. The van der Waals surface area contributed by atoms with Gasteiger partial charge in [-0.05, 0) is 35.1 Å². The van der Waals surface area contributed by atoms with Gasteiger partial charge in [0.1, 0.15) is 0 Å². The fourth-order valence-electron chi connectivity index (χ4n) is 3.29. The van der Waals surface area contributed by atoms with Gasteiger partial charge >= 0.3 is 0 Å². The molecule has 2 aromatic carbocycles. The molecule has 0 saturated heterocycles. The summed E-state index contributed by atoms with van der Waals surface area (Å²) < 4.78 is 0. The fraction of sp³-hybridized carbons (Fsp3) is 0.381. The molecule has 0 fully saturated rings. The minimum absolute atomic E-state index is 0.425. The number of rotatable bonds is 7. The van der Waals surface area contributed by atoms with Crippen LogP contribution in [-0.2, 0) is 0 Å². The van der Waals surface area contributed by atoms with E-state index in [4.69, 9.17) is 17.4 Å². The van der Waals surface area contributed by atoms with Crippen molar-refractivity contribution in [2.45, 2.75) is 27.7 Å². The van der Waals surface area contributed by atoms with E-state index in [1.165, 1.54) is 0 Å². The van der Waals surface area contributed by atoms with Crippen LogP contribution in [0.15, 0.2) is 47.6 Å². The summed E-state index contributed by atoms with van der Waals surface area (Å²) in [7, 11) is 0. The number of amidine groups is 1. The van der Waals surface area contributed by atoms with Crippen LogP contribution in [0.25, 0.3) is 11.1 Å². The van der Waals surface area contributed by atoms with Gasteiger partial charge in [-0.25, -0.2) is 5.84 Å². The molecule has 6 heteroatoms. The first kappa shape index (κ1) is 20.6. The lowest BCUT2D eigenvalue weighted by atomic mass is 9.97. The van der Waals surface area contributed by atoms with Crippen LogP contribution in [-0.4, -0.2) is 18.9 Å². The molecule has 0 radical (unpaired) electrons. The van der Waals surface area contributed by atoms with Crippen molar-refractivity contribution in [2.24, 2.45) is 28.6 Å². The largest absolute Gasteiger partial charge is 0.397 e. The smallest absolute Gasteiger partial charge is 0.167 e. The molecule has 2 rings (SSSR count). The highest BCUT2D eigenvalue weighted by molar-refractivity contribution is 6.04. The molecule has 146 valence electrons. The monoisotopic (exact) mass is 368 g/mol. The van der Waals surface area contributed by atoms with Crippen LogP contribution in [0.3, 0.4) is 0 Å². The zero-order valence-corrected chi connectivity index (χ0v) is 16.7. The molecule has 0 saturated carbocycles. The Hall–Kier alpha value is -2.73. The highest BCUT2D eigenvalue weighted by atomic mass is 15.3. The fourth-order valence-corrected chi connectivity index (χ4v) is 3.29. The Morgan fingerprint density at radius 2 is 1.67 bits per heavy atom. The van der Waals surface area contributed by atoms with Crippen molar-refractivity contribution in [3.8, 4) is 11.1 Å². The average molecular weight is 369 g/mol. The van der Waals surface area contributed by atoms with Crippen molar-refractivity contribution in [3.05, 3.63) is 48.0 Å². The second-order valence-electron chi connectivity index (χ2n) is 7.63. The lowest BCUT2D eigenvalue weighted by molar-refractivity contribution is 0.553. The normalized spacial score (nSPS) is 11.9. The molecule has 0 aromatic heterocycles. The summed E-state index contributed by atoms with van der Waals surface area (Å²) in [5.41, 5.74) is 13.6. The number of hydrogen-bond donors (Lipinski definition) is 4. The van der Waals surface area contributed by atoms with E-state index in [1.807, 2.05) is 30.3 Å². The first-order valence-corrected chi connectivity index (χ1v) is 9.36. The number of hydrazone groups is 1. The van der Waals surface area contributed by atoms with Crippen LogP contribution < -0.4 is 27.7 Å². The van der Waals surface area contributed by atoms with Gasteiger partial charge in [0, 0.05) is 18.7 Å². The Bertz CT molecular complexity index is 772. The lowest BCUT2D eigenvalue weighted by Gasteiger charge is -2.30. The van der Waals surface area contributed by atoms with Crippen LogP contribution in [0.1, 0.15) is 33.3 Å². The van der Waals surface area contributed by atoms with Gasteiger partial charge in [-0.3, -0.25) is 0 Å². The Morgan fingerprint density at radius 3 is 2.19 bits per heavy atom. The van der Waals surface area contributed by atoms with Gasteiger partial charge in [0.15, 0.2) is 5.84 Å². The molecule has 0 aliphatic heterocycles. The maximum Gasteiger partial charge on any atom is 0.167 e. The van der Waals surface area contributed by atoms with Crippen molar-refractivity contribution in [3.63, 3.8) is 0 Å². The van der Waals surface area contributed by atoms with Crippen molar-refractivity contribution < 1.29 is 0 Å². The van der Waals surface area contributed by atoms with Gasteiger partial charge in [0.25, 0.3) is 0 Å². The number of anilines is 2. The molecule has 0 unspecified atom stereocenters. The van der Waals surface area contributed by atoms with Gasteiger partial charge in [0.2, 0.25) is 0 Å². The number of nitrogens with two attached hydrogens (primary N) is 3. The molecule has 27 heavy (non-hydrogen) atoms. The van der Waals surface area contributed by atoms with Gasteiger partial charge < -0.3 is 21.9 Å². The highest BCUT2D eigenvalue weighted by Gasteiger charge is 2.16. The summed E-state index contributed by atoms with van der Waals surface area (Å²) >= 11 is 0. The number of nitrogen functional groups attached to an aromatic ring is 1. The molecule has 0 spiro atoms. The second-order valence-corrected chi connectivity index (χ2v) is 7.63. The average Bonchev–Trinajstić information content (AvgIpc) is 2.62. The maximum absolute atomic E-state index is 6.47. The Morgan fingerprint density at radius 1 is 1.04 bits per heavy atom. The van der Waals surface area contributed by atoms with Crippen LogP contribution >= 0.6 is 0 Å². The molecule has 2 aromatic rings. The van der Waals surface area contributed by atoms with Crippen molar-refractivity contribution in [2.75, 3.05) is 23.7 Å². The number of hydrogen-bond acceptors (Lipinski definition) is 5. The van der Waals surface area contributed by atoms with Gasteiger partial charge in [-0.1, -0.05) is 58.0 Å². The van der Waals surface area contributed by atoms with E-state index in [2.05, 4.69) is 55.3 Å². The Balaban J connectivity index is 2.45. The molecule has 0 aliphatic carbocycles. The number of hydrazine groups is 1. The molecule has 0 heterocycles. The van der Waals surface area contributed by atoms with Gasteiger partial charge in [0.05, 0.1) is 11.4 Å². The van der Waals surface area contributed by atoms with E-state index in [0.717, 1.165) is 41.2 Å². The molecule has 7 N–H and O–H groups in total. The minimum Gasteiger partial charge on any atom is -0.397 e. The standard InChI is InChI=1S/C21H32N6/c1-14(2)12-27(13-15(3)4)20-10-9-16(11-19(20)22)17-7-5-6-8-18(17)21(25-23)26-24/h5-11,14-15H,12-13,22-24H2,1-4H3,(H,25,26). The summed E-state index contributed by atoms with van der Waals surface area (Å²) in [5, 5.41) is 3.74. The molecular weight excluding hydrogens is 336 g/mol. The second kappa shape index (κ2) is 9.28. The quantitative estimate of drug-likeness (QED) is 0.197. The number of benzene rings is 2. The molecule has 0 atom stereocenters. The minimum atomic E-state index is 0.425. The predicted octanol–water partition coefficient (Wildman–Crippen LogP) is 3.14. The van der Waals surface area contributed by atoms with Crippen LogP contribution in [0.4, 0.5) is 11.4 Å². The first-order valence-electron chi connectivity index (χ1n) is 9.36. The predicted molar refractivity (Wildman–Crippen MR) is 116 cm³/mol. The Labute approximate surface area is 162 Å². The number of nitrogens with zero attached hydrogens (tertiary/aromatic N) is 2. The van der Waals surface area contributed by atoms with E-state index in [1.54, 1.807) is 0 Å². The van der Waals surface area contributed by atoms with Gasteiger partial charge in [-0.15, -0.1) is 0 Å². The maximum atomic E-state index is 6.47. The third-order valence-corrected chi connectivity index (χ3v) is 4.30. The molecule has 0 amide bonds. The van der Waals surface area contributed by atoms with E-state index >= 15 is 0 Å². The summed E-state index contributed by atoms with van der Waals surface area (Å²) in [6.45, 7) is 10.8. The SMILES string of the molecule is CC(C)CN(CC(C)C)c1ccc(-c2ccccc2/C(=N/N)NN)cc1N. The summed E-state index contributed by atoms with van der Waals surface area (Å²) in [6.07, 6.45) is 0. The van der Waals surface area contributed by atoms with Crippen molar-refractivity contribution in [1.29, 1.82) is 0 Å². The van der Waals surface area contributed by atoms with Crippen LogP contribution in [0.2, 0.25) is 0 Å². The molecular formula is C21H32N6. The van der Waals surface area contributed by atoms with Crippen molar-refractivity contribution >= 4 is 17.2 Å². The van der Waals surface area contributed by atoms with E-state index < -0.39 is 0 Å². The summed E-state index contributed by atoms with van der Waals surface area (Å²) in [4.78, 5) is 2.37. The van der Waals surface area contributed by atoms with Crippen LogP contribution in [0.5, 0.6) is 0 Å². The first-order chi connectivity index (χ1) is 12.9. The Kier molecular flexibility index (Phi) is 7.07. The molecule has 6 nitrogen and oxygen atoms in total. The molecule has 0 bridgehead atoms. The zero-order valence-electron chi connectivity index (χ0n) is 16.7. The summed E-state index contributed by atoms with van der Waals surface area (Å²) in [5.74, 6) is 12.6.